The summed E-state index contributed by atoms with van der Waals surface area (Å²) in [6.07, 6.45) is 1.60. The molecule has 0 unspecified atom stereocenters. The molecule has 0 bridgehead atoms. The third kappa shape index (κ3) is 6.15. The van der Waals surface area contributed by atoms with E-state index in [0.29, 0.717) is 34.8 Å². The lowest BCUT2D eigenvalue weighted by atomic mass is 10.2. The Kier molecular flexibility index (Phi) is 8.20. The Labute approximate surface area is 181 Å². The third-order valence-electron chi connectivity index (χ3n) is 3.09. The van der Waals surface area contributed by atoms with Crippen molar-refractivity contribution in [1.82, 2.24) is 5.43 Å². The quantitative estimate of drug-likeness (QED) is 0.237. The van der Waals surface area contributed by atoms with Gasteiger partial charge in [-0.2, -0.15) is 5.10 Å². The van der Waals surface area contributed by atoms with Crippen molar-refractivity contribution in [2.24, 2.45) is 10.8 Å². The first-order valence-electron chi connectivity index (χ1n) is 7.52. The van der Waals surface area contributed by atoms with Gasteiger partial charge >= 0.3 is 0 Å². The summed E-state index contributed by atoms with van der Waals surface area (Å²) < 4.78 is 12.6. The molecule has 0 amide bonds. The smallest absolute Gasteiger partial charge is 0.184 e. The van der Waals surface area contributed by atoms with Crippen LogP contribution in [0.4, 0.5) is 0 Å². The van der Waals surface area contributed by atoms with Crippen LogP contribution in [0.25, 0.3) is 0 Å². The average molecular weight is 524 g/mol. The number of hydrogen-bond donors (Lipinski definition) is 2. The number of benzene rings is 2. The van der Waals surface area contributed by atoms with Crippen molar-refractivity contribution in [1.29, 1.82) is 0 Å². The molecule has 0 saturated heterocycles. The van der Waals surface area contributed by atoms with Gasteiger partial charge in [-0.1, -0.05) is 29.3 Å². The van der Waals surface area contributed by atoms with Gasteiger partial charge in [-0.15, -0.1) is 0 Å². The van der Waals surface area contributed by atoms with Gasteiger partial charge < -0.3 is 15.2 Å². The molecule has 0 atom stereocenters. The van der Waals surface area contributed by atoms with E-state index < -0.39 is 0 Å². The second-order valence-corrected chi connectivity index (χ2v) is 7.45. The lowest BCUT2D eigenvalue weighted by Gasteiger charge is -2.15. The van der Waals surface area contributed by atoms with E-state index in [1.807, 2.05) is 25.1 Å². The SMILES string of the molecule is CCOc1cc(/C=N\NC(N)=S)cc(I)c1OCc1ccc(Cl)c(Cl)c1. The summed E-state index contributed by atoms with van der Waals surface area (Å²) in [4.78, 5) is 0. The minimum absolute atomic E-state index is 0.0996. The molecule has 0 heterocycles. The Morgan fingerprint density at radius 2 is 2.04 bits per heavy atom. The molecule has 9 heteroatoms. The van der Waals surface area contributed by atoms with Gasteiger partial charge in [0, 0.05) is 0 Å². The number of rotatable bonds is 7. The first kappa shape index (κ1) is 21.0. The largest absolute Gasteiger partial charge is 0.490 e. The maximum atomic E-state index is 6.05. The highest BCUT2D eigenvalue weighted by Crippen LogP contribution is 2.35. The molecule has 0 aliphatic carbocycles. The molecular weight excluding hydrogens is 508 g/mol. The zero-order valence-corrected chi connectivity index (χ0v) is 18.2. The van der Waals surface area contributed by atoms with Crippen LogP contribution in [0.3, 0.4) is 0 Å². The first-order valence-corrected chi connectivity index (χ1v) is 9.76. The van der Waals surface area contributed by atoms with E-state index >= 15 is 0 Å². The summed E-state index contributed by atoms with van der Waals surface area (Å²) in [5.41, 5.74) is 9.59. The molecule has 0 saturated carbocycles. The van der Waals surface area contributed by atoms with Gasteiger partial charge in [0.2, 0.25) is 0 Å². The van der Waals surface area contributed by atoms with Gasteiger partial charge in [0.25, 0.3) is 0 Å². The number of nitrogens with zero attached hydrogens (tertiary/aromatic N) is 1. The molecule has 138 valence electrons. The van der Waals surface area contributed by atoms with E-state index in [1.165, 1.54) is 0 Å². The molecule has 0 aromatic heterocycles. The standard InChI is InChI=1S/C17H16Cl2IN3O2S/c1-2-24-15-7-11(8-22-23-17(21)26)6-14(20)16(15)25-9-10-3-4-12(18)13(19)5-10/h3-8H,2,9H2,1H3,(H3,21,23,26)/b22-8-. The number of ether oxygens (including phenoxy) is 2. The Hall–Kier alpha value is -1.29. The van der Waals surface area contributed by atoms with Gasteiger partial charge in [0.05, 0.1) is 26.4 Å². The van der Waals surface area contributed by atoms with Crippen LogP contribution in [0.2, 0.25) is 10.0 Å². The van der Waals surface area contributed by atoms with Crippen LogP contribution in [0.5, 0.6) is 11.5 Å². The molecule has 0 spiro atoms. The maximum absolute atomic E-state index is 6.05. The fourth-order valence-corrected chi connectivity index (χ4v) is 3.18. The summed E-state index contributed by atoms with van der Waals surface area (Å²) in [6.45, 7) is 2.75. The fraction of sp³-hybridized carbons (Fsp3) is 0.176. The average Bonchev–Trinajstić information content (AvgIpc) is 2.57. The molecule has 0 fully saturated rings. The van der Waals surface area contributed by atoms with Crippen LogP contribution in [0.1, 0.15) is 18.1 Å². The molecule has 3 N–H and O–H groups in total. The number of hydrazone groups is 1. The predicted octanol–water partition coefficient (Wildman–Crippen LogP) is 4.74. The highest BCUT2D eigenvalue weighted by molar-refractivity contribution is 14.1. The minimum atomic E-state index is 0.0996. The van der Waals surface area contributed by atoms with Crippen molar-refractivity contribution in [2.45, 2.75) is 13.5 Å². The minimum Gasteiger partial charge on any atom is -0.490 e. The number of halogens is 3. The first-order chi connectivity index (χ1) is 12.4. The second-order valence-electron chi connectivity index (χ2n) is 5.03. The number of nitrogens with one attached hydrogen (secondary N) is 1. The van der Waals surface area contributed by atoms with E-state index in [9.17, 15) is 0 Å². The number of nitrogens with two attached hydrogens (primary N) is 1. The molecule has 2 rings (SSSR count). The van der Waals surface area contributed by atoms with Crippen LogP contribution in [0.15, 0.2) is 35.4 Å². The Bertz CT molecular complexity index is 834. The zero-order chi connectivity index (χ0) is 19.1. The van der Waals surface area contributed by atoms with E-state index in [1.54, 1.807) is 18.3 Å². The van der Waals surface area contributed by atoms with Gasteiger partial charge in [0.1, 0.15) is 6.61 Å². The Morgan fingerprint density at radius 1 is 1.27 bits per heavy atom. The van der Waals surface area contributed by atoms with Crippen molar-refractivity contribution in [3.63, 3.8) is 0 Å². The van der Waals surface area contributed by atoms with Crippen molar-refractivity contribution < 1.29 is 9.47 Å². The monoisotopic (exact) mass is 523 g/mol. The predicted molar refractivity (Wildman–Crippen MR) is 119 cm³/mol. The van der Waals surface area contributed by atoms with E-state index in [2.05, 4.69) is 33.1 Å². The summed E-state index contributed by atoms with van der Waals surface area (Å²) >= 11 is 18.9. The summed E-state index contributed by atoms with van der Waals surface area (Å²) in [5, 5.41) is 5.05. The highest BCUT2D eigenvalue weighted by atomic mass is 127. The molecule has 26 heavy (non-hydrogen) atoms. The third-order valence-corrected chi connectivity index (χ3v) is 4.72. The number of thiocarbonyl (C=S) groups is 1. The van der Waals surface area contributed by atoms with E-state index in [0.717, 1.165) is 14.7 Å². The van der Waals surface area contributed by atoms with Crippen LogP contribution in [-0.2, 0) is 6.61 Å². The van der Waals surface area contributed by atoms with Gasteiger partial charge in [-0.3, -0.25) is 5.43 Å². The van der Waals surface area contributed by atoms with Gasteiger partial charge in [-0.05, 0) is 77.1 Å². The Morgan fingerprint density at radius 3 is 2.69 bits per heavy atom. The lowest BCUT2D eigenvalue weighted by molar-refractivity contribution is 0.267. The summed E-state index contributed by atoms with van der Waals surface area (Å²) in [5.74, 6) is 1.27. The molecule has 5 nitrogen and oxygen atoms in total. The highest BCUT2D eigenvalue weighted by Gasteiger charge is 2.12. The molecule has 2 aromatic carbocycles. The van der Waals surface area contributed by atoms with Crippen molar-refractivity contribution in [3.05, 3.63) is 55.1 Å². The van der Waals surface area contributed by atoms with Crippen molar-refractivity contribution in [3.8, 4) is 11.5 Å². The van der Waals surface area contributed by atoms with Crippen LogP contribution in [0, 0.1) is 3.57 Å². The fourth-order valence-electron chi connectivity index (χ4n) is 2.02. The zero-order valence-electron chi connectivity index (χ0n) is 13.8. The molecule has 0 aliphatic rings. The molecule has 2 aromatic rings. The van der Waals surface area contributed by atoms with Crippen LogP contribution >= 0.6 is 58.0 Å². The van der Waals surface area contributed by atoms with Crippen LogP contribution < -0.4 is 20.6 Å². The van der Waals surface area contributed by atoms with Crippen LogP contribution in [-0.4, -0.2) is 17.9 Å². The summed E-state index contributed by atoms with van der Waals surface area (Å²) in [6, 6.07) is 9.13. The molecule has 0 aliphatic heterocycles. The van der Waals surface area contributed by atoms with Gasteiger partial charge in [0.15, 0.2) is 16.6 Å². The number of hydrogen-bond acceptors (Lipinski definition) is 4. The molecular formula is C17H16Cl2IN3O2S. The van der Waals surface area contributed by atoms with E-state index in [-0.39, 0.29) is 5.11 Å². The van der Waals surface area contributed by atoms with Crippen molar-refractivity contribution >= 4 is 69.3 Å². The van der Waals surface area contributed by atoms with Gasteiger partial charge in [-0.25, -0.2) is 0 Å². The normalized spacial score (nSPS) is 10.8. The van der Waals surface area contributed by atoms with E-state index in [4.69, 9.17) is 50.6 Å². The lowest BCUT2D eigenvalue weighted by Crippen LogP contribution is -2.24. The Balaban J connectivity index is 2.21. The molecule has 0 radical (unpaired) electrons. The van der Waals surface area contributed by atoms with Crippen molar-refractivity contribution in [2.75, 3.05) is 6.61 Å². The second kappa shape index (κ2) is 10.1. The topological polar surface area (TPSA) is 68.9 Å². The maximum Gasteiger partial charge on any atom is 0.184 e. The summed E-state index contributed by atoms with van der Waals surface area (Å²) in [7, 11) is 0.